The lowest BCUT2D eigenvalue weighted by Crippen LogP contribution is -1.99. The number of fused-ring (bicyclic) bond motifs is 6. The van der Waals surface area contributed by atoms with E-state index >= 15 is 0 Å². The van der Waals surface area contributed by atoms with Gasteiger partial charge in [0.15, 0.2) is 30.7 Å². The first-order valence-electron chi connectivity index (χ1n) is 33.8. The van der Waals surface area contributed by atoms with Gasteiger partial charge in [-0.2, -0.15) is 0 Å². The summed E-state index contributed by atoms with van der Waals surface area (Å²) in [6.45, 7) is 13.3. The molecule has 0 amide bonds. The zero-order chi connectivity index (χ0) is 60.6. The molecule has 0 atom stereocenters. The van der Waals surface area contributed by atoms with E-state index in [1.54, 1.807) is 0 Å². The predicted octanol–water partition coefficient (Wildman–Crippen LogP) is 25.4. The van der Waals surface area contributed by atoms with Gasteiger partial charge in [-0.25, -0.2) is 0 Å². The molecule has 0 N–H and O–H groups in total. The maximum Gasteiger partial charge on any atom is 0.193 e. The van der Waals surface area contributed by atoms with Crippen LogP contribution in [0, 0.1) is 0 Å². The molecule has 0 aromatic heterocycles. The van der Waals surface area contributed by atoms with Crippen LogP contribution in [0.4, 0.5) is 0 Å². The minimum absolute atomic E-state index is 0.0779. The van der Waals surface area contributed by atoms with Crippen LogP contribution < -0.4 is 0 Å². The van der Waals surface area contributed by atoms with Crippen molar-refractivity contribution in [2.75, 3.05) is 0 Å². The fraction of sp³-hybridized carbons (Fsp3) is 0.667. The van der Waals surface area contributed by atoms with E-state index in [-0.39, 0.29) is 30.7 Å². The van der Waals surface area contributed by atoms with E-state index in [1.165, 1.54) is 186 Å². The number of carbonyl (C=O) groups excluding carboxylic acids is 6. The molecule has 84 heavy (non-hydrogen) atoms. The molecule has 468 valence electrons. The Morgan fingerprint density at radius 2 is 0.321 bits per heavy atom. The van der Waals surface area contributed by atoms with Crippen LogP contribution in [-0.2, 0) is 28.8 Å². The number of thioether (sulfide) groups is 6. The number of hydrogen-bond acceptors (Lipinski definition) is 12. The third-order valence-corrected chi connectivity index (χ3v) is 22.2. The standard InChI is InChI=1S/C72H108O6S6/c1-7-13-19-25-31-37-43-67(73)79-61-49-55-56(50-62(61)80-68(74)44-38-32-26-20-14-8-2)58-52-64(82-70(76)46-40-34-28-22-16-10-4)66(84-72(78)48-42-36-30-24-18-12-6)54-60(58)59-53-65(83-71(77)47-41-35-29-23-17-11-5)63(51-57(55)59)81-69(75)45-39-33-27-21-15-9-3/h49-54H,7-48H2,1-6H3. The average Bonchev–Trinajstić information content (AvgIpc) is 0.914. The van der Waals surface area contributed by atoms with Gasteiger partial charge >= 0.3 is 0 Å². The van der Waals surface area contributed by atoms with Crippen LogP contribution >= 0.6 is 70.6 Å². The van der Waals surface area contributed by atoms with Crippen molar-refractivity contribution in [3.63, 3.8) is 0 Å². The summed E-state index contributed by atoms with van der Waals surface area (Å²) in [4.78, 5) is 89.3. The van der Waals surface area contributed by atoms with Gasteiger partial charge in [0.25, 0.3) is 0 Å². The molecule has 0 aliphatic carbocycles. The molecule has 12 heteroatoms. The Morgan fingerprint density at radius 1 is 0.202 bits per heavy atom. The van der Waals surface area contributed by atoms with Crippen LogP contribution in [0.15, 0.2) is 65.8 Å². The van der Waals surface area contributed by atoms with E-state index in [0.717, 1.165) is 177 Å². The highest BCUT2D eigenvalue weighted by Gasteiger charge is 2.24. The lowest BCUT2D eigenvalue weighted by Gasteiger charge is -2.19. The molecule has 0 radical (unpaired) electrons. The van der Waals surface area contributed by atoms with Crippen LogP contribution in [0.3, 0.4) is 0 Å². The van der Waals surface area contributed by atoms with E-state index in [1.807, 2.05) is 0 Å². The lowest BCUT2D eigenvalue weighted by atomic mass is 9.94. The van der Waals surface area contributed by atoms with Gasteiger partial charge < -0.3 is 0 Å². The van der Waals surface area contributed by atoms with Crippen molar-refractivity contribution in [3.8, 4) is 0 Å². The Bertz CT molecular complexity index is 2130. The topological polar surface area (TPSA) is 102 Å². The average molecular weight is 1260 g/mol. The molecule has 0 fully saturated rings. The van der Waals surface area contributed by atoms with Crippen LogP contribution in [0.1, 0.15) is 311 Å². The molecule has 4 aromatic carbocycles. The van der Waals surface area contributed by atoms with Gasteiger partial charge in [-0.05, 0) is 107 Å². The van der Waals surface area contributed by atoms with Crippen LogP contribution in [0.2, 0.25) is 0 Å². The van der Waals surface area contributed by atoms with Gasteiger partial charge in [0.05, 0.1) is 0 Å². The quantitative estimate of drug-likeness (QED) is 0.0239. The van der Waals surface area contributed by atoms with E-state index in [2.05, 4.69) is 77.9 Å². The number of rotatable bonds is 48. The fourth-order valence-electron chi connectivity index (χ4n) is 10.8. The number of benzene rings is 4. The van der Waals surface area contributed by atoms with Crippen molar-refractivity contribution in [1.29, 1.82) is 0 Å². The molecule has 0 unspecified atom stereocenters. The summed E-state index contributed by atoms with van der Waals surface area (Å²) in [6, 6.07) is 12.6. The van der Waals surface area contributed by atoms with Gasteiger partial charge in [-0.3, -0.25) is 28.8 Å². The van der Waals surface area contributed by atoms with Crippen molar-refractivity contribution in [3.05, 3.63) is 36.4 Å². The Balaban J connectivity index is 2.01. The number of hydrogen-bond donors (Lipinski definition) is 0. The zero-order valence-corrected chi connectivity index (χ0v) is 58.0. The van der Waals surface area contributed by atoms with Crippen molar-refractivity contribution < 1.29 is 28.8 Å². The molecule has 0 spiro atoms. The second-order valence-electron chi connectivity index (χ2n) is 23.5. The molecule has 0 saturated carbocycles. The normalized spacial score (nSPS) is 11.6. The molecule has 0 heterocycles. The highest BCUT2D eigenvalue weighted by molar-refractivity contribution is 8.17. The fourth-order valence-corrected chi connectivity index (χ4v) is 16.6. The monoisotopic (exact) mass is 1260 g/mol. The molecular weight excluding hydrogens is 1150 g/mol. The summed E-state index contributed by atoms with van der Waals surface area (Å²) in [5, 5.41) is 5.77. The highest BCUT2D eigenvalue weighted by Crippen LogP contribution is 2.48. The Kier molecular flexibility index (Phi) is 40.6. The minimum atomic E-state index is 0.0779. The summed E-state index contributed by atoms with van der Waals surface area (Å²) < 4.78 is 0. The summed E-state index contributed by atoms with van der Waals surface area (Å²) >= 11 is 7.43. The Labute approximate surface area is 535 Å². The molecular formula is C72H108O6S6. The number of unbranched alkanes of at least 4 members (excludes halogenated alkanes) is 30. The third kappa shape index (κ3) is 29.4. The molecule has 0 aliphatic heterocycles. The summed E-state index contributed by atoms with van der Waals surface area (Å²) in [7, 11) is 0. The molecule has 0 bridgehead atoms. The summed E-state index contributed by atoms with van der Waals surface area (Å²) in [5.74, 6) is 0. The highest BCUT2D eigenvalue weighted by atomic mass is 32.2. The van der Waals surface area contributed by atoms with Crippen molar-refractivity contribution in [2.24, 2.45) is 0 Å². The van der Waals surface area contributed by atoms with Gasteiger partial charge in [0.1, 0.15) is 0 Å². The van der Waals surface area contributed by atoms with Gasteiger partial charge in [0, 0.05) is 67.9 Å². The maximum atomic E-state index is 14.1. The van der Waals surface area contributed by atoms with E-state index in [9.17, 15) is 28.8 Å². The summed E-state index contributed by atoms with van der Waals surface area (Å²) in [5.41, 5.74) is 0. The zero-order valence-electron chi connectivity index (χ0n) is 53.1. The lowest BCUT2D eigenvalue weighted by molar-refractivity contribution is -0.111. The molecule has 4 aromatic rings. The van der Waals surface area contributed by atoms with Crippen molar-refractivity contribution >= 4 is 134 Å². The molecule has 0 saturated heterocycles. The number of carbonyl (C=O) groups is 6. The van der Waals surface area contributed by atoms with Crippen molar-refractivity contribution in [2.45, 2.75) is 341 Å². The molecule has 0 aliphatic rings. The third-order valence-electron chi connectivity index (χ3n) is 15.9. The predicted molar refractivity (Wildman–Crippen MR) is 372 cm³/mol. The van der Waals surface area contributed by atoms with E-state index in [4.69, 9.17) is 0 Å². The molecule has 6 nitrogen and oxygen atoms in total. The maximum absolute atomic E-state index is 14.1. The van der Waals surface area contributed by atoms with Crippen LogP contribution in [0.25, 0.3) is 32.3 Å². The largest absolute Gasteiger partial charge is 0.287 e. The minimum Gasteiger partial charge on any atom is -0.287 e. The van der Waals surface area contributed by atoms with Gasteiger partial charge in [0.2, 0.25) is 0 Å². The van der Waals surface area contributed by atoms with Crippen LogP contribution in [-0.4, -0.2) is 30.7 Å². The first-order valence-corrected chi connectivity index (χ1v) is 38.7. The second kappa shape index (κ2) is 45.9. The summed E-state index contributed by atoms with van der Waals surface area (Å²) in [6.07, 6.45) is 41.6. The van der Waals surface area contributed by atoms with E-state index in [0.29, 0.717) is 38.5 Å². The Hall–Kier alpha value is -2.22. The first kappa shape index (κ1) is 74.2. The Morgan fingerprint density at radius 3 is 0.452 bits per heavy atom. The van der Waals surface area contributed by atoms with E-state index < -0.39 is 0 Å². The smallest absolute Gasteiger partial charge is 0.193 e. The van der Waals surface area contributed by atoms with Crippen molar-refractivity contribution in [1.82, 2.24) is 0 Å². The van der Waals surface area contributed by atoms with Crippen LogP contribution in [0.5, 0.6) is 0 Å². The molecule has 4 rings (SSSR count). The van der Waals surface area contributed by atoms with Gasteiger partial charge in [-0.15, -0.1) is 0 Å². The second-order valence-corrected chi connectivity index (χ2v) is 30.1. The first-order chi connectivity index (χ1) is 41.0. The SMILES string of the molecule is CCCCCCCCC(=O)Sc1cc2c3cc(SC(=O)CCCCCCCC)c(SC(=O)CCCCCCCC)cc3c3cc(SC(=O)CCCCCCCC)c(SC(=O)CCCCCCCC)cc3c2cc1SC(=O)CCCCCCCC. The van der Waals surface area contributed by atoms with Gasteiger partial charge in [-0.1, -0.05) is 305 Å².